The average molecular weight is 648 g/mol. The number of hydrogen-bond donors (Lipinski definition) is 1. The van der Waals surface area contributed by atoms with E-state index in [2.05, 4.69) is 29.1 Å². The van der Waals surface area contributed by atoms with Crippen molar-refractivity contribution in [2.45, 2.75) is 80.3 Å². The number of hydrogen-bond acceptors (Lipinski definition) is 6. The number of allylic oxidation sites excluding steroid dienone is 1. The van der Waals surface area contributed by atoms with Crippen LogP contribution in [0.3, 0.4) is 0 Å². The Morgan fingerprint density at radius 1 is 1.32 bits per heavy atom. The van der Waals surface area contributed by atoms with Crippen LogP contribution in [-0.2, 0) is 19.1 Å². The van der Waals surface area contributed by atoms with Gasteiger partial charge in [0, 0.05) is 22.3 Å². The van der Waals surface area contributed by atoms with Gasteiger partial charge in [-0.1, -0.05) is 60.5 Å². The molecule has 1 spiro atoms. The van der Waals surface area contributed by atoms with Gasteiger partial charge >= 0.3 is 5.97 Å². The van der Waals surface area contributed by atoms with Crippen molar-refractivity contribution < 1.29 is 24.2 Å². The molecule has 2 amide bonds. The van der Waals surface area contributed by atoms with Gasteiger partial charge in [0.05, 0.1) is 35.8 Å². The fourth-order valence-corrected chi connectivity index (χ4v) is 10.5. The minimum atomic E-state index is -0.848. The molecule has 3 fully saturated rings. The lowest BCUT2D eigenvalue weighted by atomic mass is 9.71. The molecule has 4 rings (SSSR count). The van der Waals surface area contributed by atoms with Crippen LogP contribution in [0.25, 0.3) is 0 Å². The molecule has 3 aliphatic heterocycles. The van der Waals surface area contributed by atoms with Gasteiger partial charge in [-0.2, -0.15) is 0 Å². The molecule has 9 heteroatoms. The first-order valence-corrected chi connectivity index (χ1v) is 16.4. The molecule has 3 saturated heterocycles. The minimum Gasteiger partial charge on any atom is -0.465 e. The molecule has 1 aromatic carbocycles. The number of thioether (sulfide) groups is 1. The van der Waals surface area contributed by atoms with Gasteiger partial charge in [-0.15, -0.1) is 24.9 Å². The zero-order valence-electron chi connectivity index (χ0n) is 24.6. The molecule has 1 aromatic rings. The predicted octanol–water partition coefficient (Wildman–Crippen LogP) is 5.20. The summed E-state index contributed by atoms with van der Waals surface area (Å²) < 4.78 is 4.88. The van der Waals surface area contributed by atoms with Crippen molar-refractivity contribution in [3.63, 3.8) is 0 Å². The number of unbranched alkanes of at least 4 members (excludes halogenated alkanes) is 1. The Kier molecular flexibility index (Phi) is 10.1. The summed E-state index contributed by atoms with van der Waals surface area (Å²) in [4.78, 5) is 46.3. The number of alkyl halides is 1. The van der Waals surface area contributed by atoms with Crippen molar-refractivity contribution in [3.05, 3.63) is 54.6 Å². The second kappa shape index (κ2) is 13.0. The highest BCUT2D eigenvalue weighted by Gasteiger charge is 2.77. The van der Waals surface area contributed by atoms with Crippen LogP contribution in [0.4, 0.5) is 5.69 Å². The molecule has 224 valence electrons. The Bertz CT molecular complexity index is 1190. The molecule has 3 aliphatic rings. The SMILES string of the molecule is C=CCCCOC(=O)[C@H]1[C@H]2C(=O)N([C@@H](CO)[C@@H](C)CC)C(C(=O)N(CC=C)c3cc(C)ccc3C)C23CC(Br)[C@@H]1S3. The Morgan fingerprint density at radius 2 is 2.05 bits per heavy atom. The normalized spacial score (nSPS) is 29.7. The van der Waals surface area contributed by atoms with E-state index in [4.69, 9.17) is 4.74 Å². The van der Waals surface area contributed by atoms with Gasteiger partial charge in [-0.3, -0.25) is 14.4 Å². The molecule has 41 heavy (non-hydrogen) atoms. The average Bonchev–Trinajstić information content (AvgIpc) is 3.54. The second-order valence-electron chi connectivity index (χ2n) is 11.7. The van der Waals surface area contributed by atoms with Gasteiger partial charge in [0.1, 0.15) is 6.04 Å². The zero-order chi connectivity index (χ0) is 30.1. The highest BCUT2D eigenvalue weighted by Crippen LogP contribution is 2.68. The van der Waals surface area contributed by atoms with Crippen molar-refractivity contribution in [1.82, 2.24) is 4.90 Å². The van der Waals surface area contributed by atoms with Gasteiger partial charge in [-0.25, -0.2) is 0 Å². The Balaban J connectivity index is 1.82. The first kappa shape index (κ1) is 31.8. The number of aliphatic hydroxyl groups is 1. The summed E-state index contributed by atoms with van der Waals surface area (Å²) in [5.41, 5.74) is 2.74. The van der Waals surface area contributed by atoms with E-state index in [0.717, 1.165) is 29.7 Å². The van der Waals surface area contributed by atoms with Gasteiger partial charge in [0.2, 0.25) is 5.91 Å². The summed E-state index contributed by atoms with van der Waals surface area (Å²) in [5.74, 6) is -2.23. The number of carbonyl (C=O) groups is 3. The van der Waals surface area contributed by atoms with Crippen LogP contribution in [0.5, 0.6) is 0 Å². The van der Waals surface area contributed by atoms with Gasteiger partial charge in [0.15, 0.2) is 0 Å². The molecule has 3 heterocycles. The molecule has 0 aromatic heterocycles. The molecular weight excluding hydrogens is 604 g/mol. The highest BCUT2D eigenvalue weighted by molar-refractivity contribution is 9.09. The molecule has 7 nitrogen and oxygen atoms in total. The molecule has 2 bridgehead atoms. The van der Waals surface area contributed by atoms with Crippen LogP contribution in [0.1, 0.15) is 50.7 Å². The van der Waals surface area contributed by atoms with Crippen molar-refractivity contribution in [2.24, 2.45) is 17.8 Å². The van der Waals surface area contributed by atoms with E-state index in [1.54, 1.807) is 33.7 Å². The third-order valence-corrected chi connectivity index (χ3v) is 12.3. The first-order valence-electron chi connectivity index (χ1n) is 14.6. The molecule has 0 aliphatic carbocycles. The van der Waals surface area contributed by atoms with Crippen LogP contribution in [0, 0.1) is 31.6 Å². The monoisotopic (exact) mass is 646 g/mol. The number of benzene rings is 1. The zero-order valence-corrected chi connectivity index (χ0v) is 27.0. The van der Waals surface area contributed by atoms with E-state index in [0.29, 0.717) is 12.8 Å². The van der Waals surface area contributed by atoms with Crippen molar-refractivity contribution in [1.29, 1.82) is 0 Å². The smallest absolute Gasteiger partial charge is 0.310 e. The lowest BCUT2D eigenvalue weighted by Crippen LogP contribution is -2.59. The van der Waals surface area contributed by atoms with E-state index in [-0.39, 0.29) is 53.5 Å². The van der Waals surface area contributed by atoms with E-state index in [1.165, 1.54) is 0 Å². The van der Waals surface area contributed by atoms with E-state index >= 15 is 0 Å². The van der Waals surface area contributed by atoms with E-state index < -0.39 is 28.7 Å². The number of amides is 2. The van der Waals surface area contributed by atoms with E-state index in [1.807, 2.05) is 45.9 Å². The molecule has 0 radical (unpaired) electrons. The number of halogens is 1. The number of nitrogens with zero attached hydrogens (tertiary/aromatic N) is 2. The van der Waals surface area contributed by atoms with Gasteiger partial charge < -0.3 is 19.6 Å². The summed E-state index contributed by atoms with van der Waals surface area (Å²) >= 11 is 5.40. The number of esters is 1. The third kappa shape index (κ3) is 5.54. The minimum absolute atomic E-state index is 0.0469. The van der Waals surface area contributed by atoms with Crippen LogP contribution in [-0.4, -0.2) is 74.5 Å². The molecule has 8 atom stereocenters. The Hall–Kier alpha value is -2.10. The number of aryl methyl sites for hydroxylation is 2. The Labute approximate surface area is 256 Å². The van der Waals surface area contributed by atoms with Crippen LogP contribution < -0.4 is 4.90 Å². The summed E-state index contributed by atoms with van der Waals surface area (Å²) in [6, 6.07) is 4.59. The maximum Gasteiger partial charge on any atom is 0.310 e. The molecule has 1 N–H and O–H groups in total. The largest absolute Gasteiger partial charge is 0.465 e. The summed E-state index contributed by atoms with van der Waals surface area (Å²) in [5, 5.41) is 10.4. The predicted molar refractivity (Wildman–Crippen MR) is 168 cm³/mol. The standard InChI is InChI=1S/C32H43BrN2O5S/c1-7-10-11-15-40-31(39)25-26-29(37)35(24(18-36)20(5)9-3)28(32(26)17-22(33)27(25)41-32)30(38)34(14-8-2)23-16-19(4)12-13-21(23)6/h7-8,12-13,16,20,22,24-28,36H,1-2,9-11,14-15,17-18H2,3-6H3/t20-,22?,24-,25-,26-,27-,28?,32?/m0/s1. The summed E-state index contributed by atoms with van der Waals surface area (Å²) in [6.45, 7) is 15.9. The fourth-order valence-electron chi connectivity index (χ4n) is 6.88. The Morgan fingerprint density at radius 3 is 2.68 bits per heavy atom. The lowest BCUT2D eigenvalue weighted by molar-refractivity contribution is -0.154. The number of likely N-dealkylation sites (tertiary alicyclic amines) is 1. The lowest BCUT2D eigenvalue weighted by Gasteiger charge is -2.41. The maximum atomic E-state index is 14.9. The van der Waals surface area contributed by atoms with Crippen LogP contribution >= 0.6 is 27.7 Å². The quantitative estimate of drug-likeness (QED) is 0.137. The van der Waals surface area contributed by atoms with Crippen molar-refractivity contribution in [3.8, 4) is 0 Å². The molecule has 3 unspecified atom stereocenters. The van der Waals surface area contributed by atoms with E-state index in [9.17, 15) is 19.5 Å². The fraction of sp³-hybridized carbons (Fsp3) is 0.594. The second-order valence-corrected chi connectivity index (χ2v) is 14.4. The van der Waals surface area contributed by atoms with Crippen LogP contribution in [0.15, 0.2) is 43.5 Å². The number of carbonyl (C=O) groups excluding carboxylic acids is 3. The van der Waals surface area contributed by atoms with Gasteiger partial charge in [-0.05, 0) is 56.2 Å². The topological polar surface area (TPSA) is 87.1 Å². The number of anilines is 1. The molecule has 0 saturated carbocycles. The summed E-state index contributed by atoms with van der Waals surface area (Å²) in [6.07, 6.45) is 6.18. The van der Waals surface area contributed by atoms with Crippen molar-refractivity contribution in [2.75, 3.05) is 24.7 Å². The first-order chi connectivity index (χ1) is 19.6. The number of aliphatic hydroxyl groups excluding tert-OH is 1. The summed E-state index contributed by atoms with van der Waals surface area (Å²) in [7, 11) is 0. The number of ether oxygens (including phenoxy) is 1. The third-order valence-electron chi connectivity index (χ3n) is 9.11. The highest BCUT2D eigenvalue weighted by atomic mass is 79.9. The number of rotatable bonds is 13. The molecular formula is C32H43BrN2O5S. The van der Waals surface area contributed by atoms with Gasteiger partial charge in [0.25, 0.3) is 5.91 Å². The van der Waals surface area contributed by atoms with Crippen LogP contribution in [0.2, 0.25) is 0 Å². The maximum absolute atomic E-state index is 14.9. The number of fused-ring (bicyclic) bond motifs is 1. The van der Waals surface area contributed by atoms with Crippen molar-refractivity contribution >= 4 is 51.2 Å².